The molecular weight excluding hydrogens is 685 g/mol. The van der Waals surface area contributed by atoms with Gasteiger partial charge < -0.3 is 0 Å². The molecular formula is C52H38N2S. The van der Waals surface area contributed by atoms with Crippen molar-refractivity contribution in [3.8, 4) is 67.3 Å². The molecule has 1 saturated carbocycles. The molecule has 1 spiro atoms. The van der Waals surface area contributed by atoms with Crippen molar-refractivity contribution < 1.29 is 0 Å². The second-order valence-electron chi connectivity index (χ2n) is 15.2. The third-order valence-electron chi connectivity index (χ3n) is 12.1. The quantitative estimate of drug-likeness (QED) is 0.177. The van der Waals surface area contributed by atoms with Crippen LogP contribution in [0.2, 0.25) is 0 Å². The summed E-state index contributed by atoms with van der Waals surface area (Å²) in [6, 6.07) is 61.8. The Bertz CT molecular complexity index is 2880. The lowest BCUT2D eigenvalue weighted by Crippen LogP contribution is -2.28. The summed E-state index contributed by atoms with van der Waals surface area (Å²) in [7, 11) is 0. The van der Waals surface area contributed by atoms with E-state index in [4.69, 9.17) is 9.97 Å². The van der Waals surface area contributed by atoms with E-state index in [0.717, 1.165) is 33.9 Å². The van der Waals surface area contributed by atoms with E-state index in [2.05, 4.69) is 170 Å². The molecule has 0 bridgehead atoms. The fraction of sp³-hybridized carbons (Fsp3) is 0.115. The zero-order valence-electron chi connectivity index (χ0n) is 30.5. The molecule has 0 N–H and O–H groups in total. The lowest BCUT2D eigenvalue weighted by Gasteiger charge is -2.37. The number of fused-ring (bicyclic) bond motifs is 8. The lowest BCUT2D eigenvalue weighted by molar-refractivity contribution is 0.353. The highest BCUT2D eigenvalue weighted by Crippen LogP contribution is 2.59. The molecule has 7 aromatic carbocycles. The third-order valence-corrected chi connectivity index (χ3v) is 13.4. The minimum atomic E-state index is 0.0786. The molecule has 11 rings (SSSR count). The van der Waals surface area contributed by atoms with Gasteiger partial charge in [-0.2, -0.15) is 0 Å². The molecule has 3 heteroatoms. The minimum Gasteiger partial charge on any atom is -0.228 e. The fourth-order valence-electron chi connectivity index (χ4n) is 9.61. The van der Waals surface area contributed by atoms with Crippen LogP contribution in [0.1, 0.15) is 43.2 Å². The minimum absolute atomic E-state index is 0.0786. The Morgan fingerprint density at radius 2 is 0.927 bits per heavy atom. The van der Waals surface area contributed by atoms with Gasteiger partial charge in [-0.15, -0.1) is 11.3 Å². The zero-order valence-corrected chi connectivity index (χ0v) is 31.3. The standard InChI is InChI=1S/C52H38N2S/c1-4-15-34(16-5-1)35-27-29-37(30-28-35)51-53-46(36-17-6-2-7-18-36)33-47(54-51)44-25-14-24-43-42-23-13-22-41(49(42)55-50(43)44)40-21-12-20-39-38-19-8-9-26-45(38)52(48(39)40)31-10-3-11-32-52/h1-2,4-9,12-30,33H,3,10-11,31-32H2. The number of aromatic nitrogens is 2. The van der Waals surface area contributed by atoms with E-state index in [9.17, 15) is 0 Å². The molecule has 0 aliphatic heterocycles. The molecule has 0 radical (unpaired) electrons. The molecule has 0 unspecified atom stereocenters. The van der Waals surface area contributed by atoms with Crippen LogP contribution in [-0.4, -0.2) is 9.97 Å². The van der Waals surface area contributed by atoms with Crippen LogP contribution in [0.15, 0.2) is 170 Å². The molecule has 0 amide bonds. The van der Waals surface area contributed by atoms with E-state index >= 15 is 0 Å². The lowest BCUT2D eigenvalue weighted by atomic mass is 9.66. The Kier molecular flexibility index (Phi) is 7.63. The summed E-state index contributed by atoms with van der Waals surface area (Å²) in [6.45, 7) is 0. The van der Waals surface area contributed by atoms with Crippen molar-refractivity contribution in [1.82, 2.24) is 9.97 Å². The van der Waals surface area contributed by atoms with Crippen LogP contribution in [-0.2, 0) is 5.41 Å². The Balaban J connectivity index is 1.09. The van der Waals surface area contributed by atoms with Gasteiger partial charge in [-0.3, -0.25) is 0 Å². The van der Waals surface area contributed by atoms with Gasteiger partial charge in [0, 0.05) is 42.3 Å². The number of hydrogen-bond donors (Lipinski definition) is 0. The highest BCUT2D eigenvalue weighted by atomic mass is 32.1. The molecule has 2 heterocycles. The van der Waals surface area contributed by atoms with E-state index < -0.39 is 0 Å². The monoisotopic (exact) mass is 722 g/mol. The van der Waals surface area contributed by atoms with Gasteiger partial charge in [0.25, 0.3) is 0 Å². The molecule has 0 atom stereocenters. The summed E-state index contributed by atoms with van der Waals surface area (Å²) >= 11 is 1.91. The predicted octanol–water partition coefficient (Wildman–Crippen LogP) is 14.4. The fourth-order valence-corrected chi connectivity index (χ4v) is 11.0. The van der Waals surface area contributed by atoms with Crippen molar-refractivity contribution in [3.05, 3.63) is 181 Å². The molecule has 2 nitrogen and oxygen atoms in total. The van der Waals surface area contributed by atoms with E-state index in [-0.39, 0.29) is 5.41 Å². The van der Waals surface area contributed by atoms with Gasteiger partial charge in [0.15, 0.2) is 5.82 Å². The summed E-state index contributed by atoms with van der Waals surface area (Å²) in [4.78, 5) is 10.5. The largest absolute Gasteiger partial charge is 0.228 e. The first-order valence-electron chi connectivity index (χ1n) is 19.5. The molecule has 9 aromatic rings. The van der Waals surface area contributed by atoms with Crippen molar-refractivity contribution in [1.29, 1.82) is 0 Å². The molecule has 2 aliphatic rings. The van der Waals surface area contributed by atoms with Gasteiger partial charge >= 0.3 is 0 Å². The summed E-state index contributed by atoms with van der Waals surface area (Å²) in [6.07, 6.45) is 6.32. The van der Waals surface area contributed by atoms with E-state index in [0.29, 0.717) is 0 Å². The van der Waals surface area contributed by atoms with E-state index in [1.54, 1.807) is 5.56 Å². The summed E-state index contributed by atoms with van der Waals surface area (Å²) in [5, 5.41) is 2.58. The van der Waals surface area contributed by atoms with Gasteiger partial charge in [-0.05, 0) is 63.4 Å². The smallest absolute Gasteiger partial charge is 0.160 e. The van der Waals surface area contributed by atoms with Crippen molar-refractivity contribution in [2.45, 2.75) is 37.5 Å². The Labute approximate surface area is 325 Å². The van der Waals surface area contributed by atoms with Gasteiger partial charge in [-0.1, -0.05) is 183 Å². The highest BCUT2D eigenvalue weighted by molar-refractivity contribution is 7.26. The first-order valence-corrected chi connectivity index (χ1v) is 20.4. The van der Waals surface area contributed by atoms with E-state index in [1.165, 1.54) is 91.2 Å². The Morgan fingerprint density at radius 3 is 1.67 bits per heavy atom. The van der Waals surface area contributed by atoms with Crippen LogP contribution < -0.4 is 0 Å². The van der Waals surface area contributed by atoms with Crippen LogP contribution in [0.4, 0.5) is 0 Å². The second kappa shape index (κ2) is 13.0. The topological polar surface area (TPSA) is 25.8 Å². The first kappa shape index (κ1) is 32.3. The SMILES string of the molecule is c1ccc(-c2ccc(-c3nc(-c4ccccc4)cc(-c4cccc5c4sc4c(-c6cccc7c6C6(CCCCC6)c6ccccc6-7)cccc45)n3)cc2)cc1. The predicted molar refractivity (Wildman–Crippen MR) is 231 cm³/mol. The van der Waals surface area contributed by atoms with Crippen molar-refractivity contribution in [2.75, 3.05) is 0 Å². The van der Waals surface area contributed by atoms with Crippen molar-refractivity contribution in [3.63, 3.8) is 0 Å². The van der Waals surface area contributed by atoms with E-state index in [1.807, 2.05) is 11.3 Å². The maximum atomic E-state index is 5.33. The molecule has 2 aliphatic carbocycles. The number of benzene rings is 7. The summed E-state index contributed by atoms with van der Waals surface area (Å²) < 4.78 is 2.60. The molecule has 0 saturated heterocycles. The van der Waals surface area contributed by atoms with Crippen LogP contribution in [0.3, 0.4) is 0 Å². The molecule has 55 heavy (non-hydrogen) atoms. The van der Waals surface area contributed by atoms with Crippen LogP contribution in [0.5, 0.6) is 0 Å². The second-order valence-corrected chi connectivity index (χ2v) is 16.2. The number of hydrogen-bond acceptors (Lipinski definition) is 3. The van der Waals surface area contributed by atoms with Gasteiger partial charge in [-0.25, -0.2) is 9.97 Å². The Hall–Kier alpha value is -6.16. The Morgan fingerprint density at radius 1 is 0.400 bits per heavy atom. The molecule has 2 aromatic heterocycles. The average Bonchev–Trinajstić information content (AvgIpc) is 3.78. The normalized spacial score (nSPS) is 14.3. The van der Waals surface area contributed by atoms with Gasteiger partial charge in [0.1, 0.15) is 0 Å². The summed E-state index contributed by atoms with van der Waals surface area (Å²) in [5.41, 5.74) is 16.2. The van der Waals surface area contributed by atoms with Crippen LogP contribution in [0, 0.1) is 0 Å². The maximum absolute atomic E-state index is 5.33. The molecule has 262 valence electrons. The van der Waals surface area contributed by atoms with Gasteiger partial charge in [0.2, 0.25) is 0 Å². The zero-order chi connectivity index (χ0) is 36.3. The van der Waals surface area contributed by atoms with Gasteiger partial charge in [0.05, 0.1) is 11.4 Å². The third kappa shape index (κ3) is 5.21. The average molecular weight is 723 g/mol. The maximum Gasteiger partial charge on any atom is 0.160 e. The van der Waals surface area contributed by atoms with Crippen molar-refractivity contribution in [2.24, 2.45) is 0 Å². The number of thiophene rings is 1. The number of nitrogens with zero attached hydrogens (tertiary/aromatic N) is 2. The van der Waals surface area contributed by atoms with Crippen molar-refractivity contribution >= 4 is 31.5 Å². The first-order chi connectivity index (χ1) is 27.2. The highest BCUT2D eigenvalue weighted by Gasteiger charge is 2.45. The summed E-state index contributed by atoms with van der Waals surface area (Å²) in [5.74, 6) is 0.729. The van der Waals surface area contributed by atoms with Crippen LogP contribution >= 0.6 is 11.3 Å². The number of rotatable bonds is 5. The molecule has 1 fully saturated rings. The van der Waals surface area contributed by atoms with Crippen LogP contribution in [0.25, 0.3) is 87.5 Å².